The first-order valence-corrected chi connectivity index (χ1v) is 5.25. The minimum Gasteiger partial charge on any atom is -0.312 e. The van der Waals surface area contributed by atoms with Gasteiger partial charge in [0.2, 0.25) is 5.91 Å². The number of rotatable bonds is 4. The van der Waals surface area contributed by atoms with Crippen molar-refractivity contribution in [1.82, 2.24) is 5.32 Å². The van der Waals surface area contributed by atoms with Crippen LogP contribution in [-0.4, -0.2) is 29.8 Å². The lowest BCUT2D eigenvalue weighted by molar-refractivity contribution is -0.117. The van der Waals surface area contributed by atoms with E-state index in [0.29, 0.717) is 12.5 Å². The third-order valence-electron chi connectivity index (χ3n) is 1.39. The van der Waals surface area contributed by atoms with Crippen molar-refractivity contribution in [1.29, 1.82) is 0 Å². The van der Waals surface area contributed by atoms with Gasteiger partial charge in [-0.25, -0.2) is 0 Å². The minimum atomic E-state index is 0.0233. The van der Waals surface area contributed by atoms with E-state index in [2.05, 4.69) is 24.2 Å². The number of thioether (sulfide) groups is 1. The molecule has 0 fully saturated rings. The maximum atomic E-state index is 10.7. The van der Waals surface area contributed by atoms with Gasteiger partial charge in [0.15, 0.2) is 0 Å². The van der Waals surface area contributed by atoms with E-state index in [1.807, 2.05) is 11.8 Å². The Morgan fingerprint density at radius 3 is 2.92 bits per heavy atom. The van der Waals surface area contributed by atoms with E-state index in [-0.39, 0.29) is 5.91 Å². The molecule has 68 valence electrons. The van der Waals surface area contributed by atoms with E-state index in [4.69, 9.17) is 0 Å². The molecule has 12 heavy (non-hydrogen) atoms. The molecule has 0 bridgehead atoms. The summed E-state index contributed by atoms with van der Waals surface area (Å²) >= 11 is 1.82. The largest absolute Gasteiger partial charge is 0.312 e. The molecular formula is C8H14N2OS. The third kappa shape index (κ3) is 3.26. The van der Waals surface area contributed by atoms with Gasteiger partial charge >= 0.3 is 0 Å². The molecule has 3 nitrogen and oxygen atoms in total. The normalized spacial score (nSPS) is 16.6. The van der Waals surface area contributed by atoms with Gasteiger partial charge in [-0.05, 0) is 11.7 Å². The van der Waals surface area contributed by atoms with Crippen molar-refractivity contribution in [2.24, 2.45) is 10.9 Å². The van der Waals surface area contributed by atoms with Crippen LogP contribution in [0.25, 0.3) is 0 Å². The van der Waals surface area contributed by atoms with Crippen LogP contribution in [0, 0.1) is 5.92 Å². The van der Waals surface area contributed by atoms with Crippen molar-refractivity contribution in [2.75, 3.05) is 18.1 Å². The van der Waals surface area contributed by atoms with Crippen LogP contribution in [0.15, 0.2) is 4.99 Å². The highest BCUT2D eigenvalue weighted by atomic mass is 32.2. The maximum absolute atomic E-state index is 10.7. The highest BCUT2D eigenvalue weighted by molar-refractivity contribution is 7.99. The highest BCUT2D eigenvalue weighted by Gasteiger charge is 2.12. The smallest absolute Gasteiger partial charge is 0.247 e. The molecule has 0 aliphatic carbocycles. The molecule has 0 aromatic rings. The fraction of sp³-hybridized carbons (Fsp3) is 0.750. The summed E-state index contributed by atoms with van der Waals surface area (Å²) in [4.78, 5) is 14.8. The van der Waals surface area contributed by atoms with Crippen LogP contribution in [0.3, 0.4) is 0 Å². The Kier molecular flexibility index (Phi) is 3.59. The predicted molar refractivity (Wildman–Crippen MR) is 52.6 cm³/mol. The number of carbonyl (C=O) groups excluding carboxylic acids is 1. The summed E-state index contributed by atoms with van der Waals surface area (Å²) in [6.07, 6.45) is 0. The maximum Gasteiger partial charge on any atom is 0.247 e. The minimum absolute atomic E-state index is 0.0233. The van der Waals surface area contributed by atoms with Gasteiger partial charge in [-0.2, -0.15) is 11.8 Å². The summed E-state index contributed by atoms with van der Waals surface area (Å²) in [7, 11) is 0. The van der Waals surface area contributed by atoms with Gasteiger partial charge in [0.25, 0.3) is 0 Å². The molecular weight excluding hydrogens is 172 g/mol. The number of amidine groups is 1. The van der Waals surface area contributed by atoms with Crippen LogP contribution in [0.1, 0.15) is 13.8 Å². The summed E-state index contributed by atoms with van der Waals surface area (Å²) in [5.74, 6) is 3.52. The Hall–Kier alpha value is -0.510. The third-order valence-corrected chi connectivity index (χ3v) is 2.77. The van der Waals surface area contributed by atoms with Gasteiger partial charge in [0.1, 0.15) is 12.4 Å². The molecule has 0 aromatic carbocycles. The van der Waals surface area contributed by atoms with Gasteiger partial charge < -0.3 is 5.32 Å². The molecule has 1 N–H and O–H groups in total. The summed E-state index contributed by atoms with van der Waals surface area (Å²) in [6, 6.07) is 0. The van der Waals surface area contributed by atoms with Crippen molar-refractivity contribution in [3.63, 3.8) is 0 Å². The number of carbonyl (C=O) groups is 1. The average molecular weight is 186 g/mol. The molecule has 1 rings (SSSR count). The van der Waals surface area contributed by atoms with Gasteiger partial charge in [-0.1, -0.05) is 13.8 Å². The lowest BCUT2D eigenvalue weighted by Crippen LogP contribution is -2.26. The quantitative estimate of drug-likeness (QED) is 0.709. The first-order valence-electron chi connectivity index (χ1n) is 4.09. The Morgan fingerprint density at radius 2 is 2.42 bits per heavy atom. The number of aliphatic imine (C=N–C) groups is 1. The topological polar surface area (TPSA) is 41.5 Å². The Labute approximate surface area is 77.0 Å². The van der Waals surface area contributed by atoms with Crippen LogP contribution < -0.4 is 5.32 Å². The van der Waals surface area contributed by atoms with Crippen LogP contribution in [0.4, 0.5) is 0 Å². The second-order valence-electron chi connectivity index (χ2n) is 3.22. The molecule has 0 unspecified atom stereocenters. The molecule has 1 heterocycles. The van der Waals surface area contributed by atoms with Crippen molar-refractivity contribution in [3.05, 3.63) is 0 Å². The van der Waals surface area contributed by atoms with Gasteiger partial charge in [0, 0.05) is 0 Å². The average Bonchev–Trinajstić information content (AvgIpc) is 2.35. The summed E-state index contributed by atoms with van der Waals surface area (Å²) < 4.78 is 0. The molecule has 1 aliphatic rings. The van der Waals surface area contributed by atoms with E-state index in [1.54, 1.807) is 0 Å². The molecule has 0 radical (unpaired) electrons. The molecule has 0 saturated heterocycles. The second-order valence-corrected chi connectivity index (χ2v) is 4.25. The lowest BCUT2D eigenvalue weighted by Gasteiger charge is -2.03. The van der Waals surface area contributed by atoms with E-state index in [0.717, 1.165) is 17.3 Å². The zero-order valence-corrected chi connectivity index (χ0v) is 8.28. The SMILES string of the molecule is CC(C)CSCC1=NCC(=O)N1. The number of nitrogens with zero attached hydrogens (tertiary/aromatic N) is 1. The fourth-order valence-electron chi connectivity index (χ4n) is 0.880. The molecule has 0 spiro atoms. The highest BCUT2D eigenvalue weighted by Crippen LogP contribution is 2.07. The van der Waals surface area contributed by atoms with E-state index in [1.165, 1.54) is 0 Å². The predicted octanol–water partition coefficient (Wildman–Crippen LogP) is 0.904. The Morgan fingerprint density at radius 1 is 1.67 bits per heavy atom. The second kappa shape index (κ2) is 4.50. The first kappa shape index (κ1) is 9.58. The van der Waals surface area contributed by atoms with Crippen molar-refractivity contribution < 1.29 is 4.79 Å². The van der Waals surface area contributed by atoms with Crippen LogP contribution >= 0.6 is 11.8 Å². The lowest BCUT2D eigenvalue weighted by atomic mass is 10.3. The van der Waals surface area contributed by atoms with Crippen molar-refractivity contribution in [2.45, 2.75) is 13.8 Å². The molecule has 1 amide bonds. The molecule has 0 saturated carbocycles. The molecule has 0 aromatic heterocycles. The summed E-state index contributed by atoms with van der Waals surface area (Å²) in [6.45, 7) is 4.68. The Balaban J connectivity index is 2.12. The number of amides is 1. The standard InChI is InChI=1S/C8H14N2OS/c1-6(2)4-12-5-7-9-3-8(11)10-7/h6H,3-5H2,1-2H3,(H,9,10,11). The first-order chi connectivity index (χ1) is 5.68. The van der Waals surface area contributed by atoms with Crippen LogP contribution in [-0.2, 0) is 4.79 Å². The number of hydrogen-bond donors (Lipinski definition) is 1. The monoisotopic (exact) mass is 186 g/mol. The van der Waals surface area contributed by atoms with E-state index >= 15 is 0 Å². The number of hydrogen-bond acceptors (Lipinski definition) is 3. The fourth-order valence-corrected chi connectivity index (χ4v) is 1.83. The van der Waals surface area contributed by atoms with Crippen LogP contribution in [0.2, 0.25) is 0 Å². The number of nitrogens with one attached hydrogen (secondary N) is 1. The van der Waals surface area contributed by atoms with Gasteiger partial charge in [0.05, 0.1) is 5.75 Å². The summed E-state index contributed by atoms with van der Waals surface area (Å²) in [5.41, 5.74) is 0. The van der Waals surface area contributed by atoms with Crippen molar-refractivity contribution in [3.8, 4) is 0 Å². The molecule has 1 aliphatic heterocycles. The van der Waals surface area contributed by atoms with E-state index < -0.39 is 0 Å². The molecule has 0 atom stereocenters. The zero-order valence-electron chi connectivity index (χ0n) is 7.46. The zero-order chi connectivity index (χ0) is 8.97. The summed E-state index contributed by atoms with van der Waals surface area (Å²) in [5, 5.41) is 2.72. The van der Waals surface area contributed by atoms with Crippen LogP contribution in [0.5, 0.6) is 0 Å². The van der Waals surface area contributed by atoms with E-state index in [9.17, 15) is 4.79 Å². The van der Waals surface area contributed by atoms with Gasteiger partial charge in [-0.15, -0.1) is 0 Å². The Bertz CT molecular complexity index is 201. The van der Waals surface area contributed by atoms with Gasteiger partial charge in [-0.3, -0.25) is 9.79 Å². The molecule has 4 heteroatoms. The van der Waals surface area contributed by atoms with Crippen molar-refractivity contribution >= 4 is 23.5 Å².